The minimum Gasteiger partial charge on any atom is -0.455 e. The molecule has 0 bridgehead atoms. The van der Waals surface area contributed by atoms with Crippen LogP contribution in [-0.4, -0.2) is 28.8 Å². The lowest BCUT2D eigenvalue weighted by molar-refractivity contribution is -0.152. The first-order chi connectivity index (χ1) is 8.79. The van der Waals surface area contributed by atoms with Crippen molar-refractivity contribution in [1.29, 1.82) is 0 Å². The number of rotatable bonds is 4. The lowest BCUT2D eigenvalue weighted by Gasteiger charge is -2.27. The zero-order chi connectivity index (χ0) is 14.5. The molecule has 1 aliphatic carbocycles. The molecule has 5 nitrogen and oxygen atoms in total. The Morgan fingerprint density at radius 1 is 1.26 bits per heavy atom. The molecular weight excluding hydrogens is 361 g/mol. The average molecular weight is 383 g/mol. The quantitative estimate of drug-likeness (QED) is 0.461. The smallest absolute Gasteiger partial charge is 0.407 e. The molecular formula is C13H22INO4. The van der Waals surface area contributed by atoms with Gasteiger partial charge in [0.15, 0.2) is 0 Å². The Morgan fingerprint density at radius 2 is 1.84 bits per heavy atom. The van der Waals surface area contributed by atoms with Gasteiger partial charge in [-0.1, -0.05) is 12.8 Å². The third-order valence-corrected chi connectivity index (χ3v) is 3.46. The highest BCUT2D eigenvalue weighted by atomic mass is 127. The van der Waals surface area contributed by atoms with Crippen molar-refractivity contribution in [3.8, 4) is 0 Å². The van der Waals surface area contributed by atoms with Gasteiger partial charge in [-0.25, -0.2) is 4.79 Å². The zero-order valence-corrected chi connectivity index (χ0v) is 13.9. The van der Waals surface area contributed by atoms with Crippen LogP contribution in [-0.2, 0) is 14.3 Å². The first kappa shape index (κ1) is 16.5. The van der Waals surface area contributed by atoms with E-state index in [1.54, 1.807) is 0 Å². The summed E-state index contributed by atoms with van der Waals surface area (Å²) < 4.78 is 10.6. The van der Waals surface area contributed by atoms with Crippen molar-refractivity contribution < 1.29 is 19.1 Å². The van der Waals surface area contributed by atoms with Gasteiger partial charge in [0, 0.05) is 6.54 Å². The van der Waals surface area contributed by atoms with Gasteiger partial charge < -0.3 is 14.8 Å². The van der Waals surface area contributed by atoms with Gasteiger partial charge in [-0.2, -0.15) is 0 Å². The van der Waals surface area contributed by atoms with E-state index in [1.165, 1.54) is 0 Å². The molecule has 0 aromatic heterocycles. The number of carbonyl (C=O) groups excluding carboxylic acids is 2. The van der Waals surface area contributed by atoms with Crippen molar-refractivity contribution in [1.82, 2.24) is 5.32 Å². The summed E-state index contributed by atoms with van der Waals surface area (Å²) >= 11 is 2.00. The largest absolute Gasteiger partial charge is 0.455 e. The van der Waals surface area contributed by atoms with Crippen molar-refractivity contribution in [2.45, 2.75) is 52.1 Å². The minimum atomic E-state index is -0.567. The first-order valence-corrected chi connectivity index (χ1v) is 8.02. The predicted octanol–water partition coefficient (Wildman–Crippen LogP) is 3.01. The Balaban J connectivity index is 2.55. The summed E-state index contributed by atoms with van der Waals surface area (Å²) in [5.74, 6) is -0.213. The first-order valence-electron chi connectivity index (χ1n) is 6.49. The van der Waals surface area contributed by atoms with Gasteiger partial charge in [0.2, 0.25) is 0 Å². The summed E-state index contributed by atoms with van der Waals surface area (Å²) in [4.78, 5) is 23.7. The number of hydrogen-bond acceptors (Lipinski definition) is 4. The lowest BCUT2D eigenvalue weighted by Crippen LogP contribution is -2.43. The lowest BCUT2D eigenvalue weighted by atomic mass is 9.86. The fourth-order valence-corrected chi connectivity index (χ4v) is 2.55. The van der Waals surface area contributed by atoms with Crippen LogP contribution in [0.1, 0.15) is 46.5 Å². The van der Waals surface area contributed by atoms with E-state index in [1.807, 2.05) is 43.4 Å². The number of amides is 1. The fourth-order valence-electron chi connectivity index (χ4n) is 2.26. The molecule has 0 atom stereocenters. The normalized spacial score (nSPS) is 17.9. The molecule has 0 aromatic carbocycles. The summed E-state index contributed by atoms with van der Waals surface area (Å²) in [6.45, 7) is 5.71. The Bertz CT molecular complexity index is 332. The van der Waals surface area contributed by atoms with E-state index < -0.39 is 17.1 Å². The van der Waals surface area contributed by atoms with Crippen molar-refractivity contribution in [2.75, 3.05) is 11.2 Å². The number of nitrogens with one attached hydrogen (secondary N) is 1. The second-order valence-corrected chi connectivity index (χ2v) is 6.51. The molecule has 1 amide bonds. The van der Waals surface area contributed by atoms with Gasteiger partial charge in [-0.05, 0) is 56.2 Å². The van der Waals surface area contributed by atoms with E-state index in [0.717, 1.165) is 25.7 Å². The highest BCUT2D eigenvalue weighted by molar-refractivity contribution is 14.1. The number of halogens is 1. The van der Waals surface area contributed by atoms with Crippen molar-refractivity contribution >= 4 is 34.7 Å². The van der Waals surface area contributed by atoms with Crippen LogP contribution in [0.15, 0.2) is 0 Å². The van der Waals surface area contributed by atoms with E-state index in [0.29, 0.717) is 4.61 Å². The standard InChI is InChI=1S/C13H22INO4/c1-12(2,3)19-11(17)15-8-13(6-4-5-7-13)10(16)18-9-14/h4-9H2,1-3H3,(H,15,17). The molecule has 0 unspecified atom stereocenters. The summed E-state index contributed by atoms with van der Waals surface area (Å²) in [5, 5.41) is 2.70. The van der Waals surface area contributed by atoms with Crippen LogP contribution in [0.3, 0.4) is 0 Å². The SMILES string of the molecule is CC(C)(C)OC(=O)NCC1(C(=O)OCI)CCCC1. The van der Waals surface area contributed by atoms with Gasteiger partial charge >= 0.3 is 12.1 Å². The molecule has 1 saturated carbocycles. The molecule has 19 heavy (non-hydrogen) atoms. The molecule has 0 radical (unpaired) electrons. The van der Waals surface area contributed by atoms with Crippen LogP contribution in [0, 0.1) is 5.41 Å². The molecule has 1 N–H and O–H groups in total. The minimum absolute atomic E-state index is 0.213. The van der Waals surface area contributed by atoms with Gasteiger partial charge in [-0.3, -0.25) is 4.79 Å². The number of ether oxygens (including phenoxy) is 2. The van der Waals surface area contributed by atoms with Crippen LogP contribution >= 0.6 is 22.6 Å². The van der Waals surface area contributed by atoms with Crippen LogP contribution in [0.2, 0.25) is 0 Å². The van der Waals surface area contributed by atoms with Gasteiger partial charge in [0.25, 0.3) is 0 Å². The number of esters is 1. The van der Waals surface area contributed by atoms with E-state index >= 15 is 0 Å². The van der Waals surface area contributed by atoms with Gasteiger partial charge in [0.05, 0.1) is 5.41 Å². The maximum Gasteiger partial charge on any atom is 0.407 e. The third-order valence-electron chi connectivity index (χ3n) is 3.15. The third kappa shape index (κ3) is 5.16. The van der Waals surface area contributed by atoms with Crippen LogP contribution in [0.5, 0.6) is 0 Å². The van der Waals surface area contributed by atoms with Crippen LogP contribution in [0.4, 0.5) is 4.79 Å². The molecule has 1 aliphatic rings. The molecule has 0 aromatic rings. The highest BCUT2D eigenvalue weighted by Gasteiger charge is 2.43. The van der Waals surface area contributed by atoms with Crippen molar-refractivity contribution in [3.63, 3.8) is 0 Å². The highest BCUT2D eigenvalue weighted by Crippen LogP contribution is 2.38. The fraction of sp³-hybridized carbons (Fsp3) is 0.846. The average Bonchev–Trinajstić information content (AvgIpc) is 2.74. The second-order valence-electron chi connectivity index (χ2n) is 5.88. The Labute approximate surface area is 127 Å². The summed E-state index contributed by atoms with van der Waals surface area (Å²) in [7, 11) is 0. The molecule has 0 heterocycles. The Hall–Kier alpha value is -0.530. The van der Waals surface area contributed by atoms with Crippen LogP contribution in [0.25, 0.3) is 0 Å². The van der Waals surface area contributed by atoms with Crippen molar-refractivity contribution in [3.05, 3.63) is 0 Å². The molecule has 110 valence electrons. The molecule has 6 heteroatoms. The molecule has 1 fully saturated rings. The van der Waals surface area contributed by atoms with E-state index in [2.05, 4.69) is 5.32 Å². The molecule has 0 saturated heterocycles. The summed E-state index contributed by atoms with van der Waals surface area (Å²) in [5.41, 5.74) is -1.10. The monoisotopic (exact) mass is 383 g/mol. The van der Waals surface area contributed by atoms with E-state index in [9.17, 15) is 9.59 Å². The Morgan fingerprint density at radius 3 is 2.32 bits per heavy atom. The number of alkyl carbamates (subject to hydrolysis) is 1. The maximum absolute atomic E-state index is 12.0. The second kappa shape index (κ2) is 6.76. The molecule has 1 rings (SSSR count). The molecule has 0 aliphatic heterocycles. The van der Waals surface area contributed by atoms with Gasteiger partial charge in [0.1, 0.15) is 10.2 Å². The Kier molecular flexibility index (Phi) is 5.88. The van der Waals surface area contributed by atoms with E-state index in [-0.39, 0.29) is 12.5 Å². The maximum atomic E-state index is 12.0. The number of hydrogen-bond donors (Lipinski definition) is 1. The van der Waals surface area contributed by atoms with Crippen LogP contribution < -0.4 is 5.32 Å². The molecule has 0 spiro atoms. The number of carbonyl (C=O) groups is 2. The topological polar surface area (TPSA) is 64.6 Å². The van der Waals surface area contributed by atoms with Crippen molar-refractivity contribution in [2.24, 2.45) is 5.41 Å². The van der Waals surface area contributed by atoms with Gasteiger partial charge in [-0.15, -0.1) is 0 Å². The summed E-state index contributed by atoms with van der Waals surface area (Å²) in [6.07, 6.45) is 3.02. The zero-order valence-electron chi connectivity index (χ0n) is 11.8. The van der Waals surface area contributed by atoms with E-state index in [4.69, 9.17) is 9.47 Å². The predicted molar refractivity (Wildman–Crippen MR) is 80.1 cm³/mol. The summed E-state index contributed by atoms with van der Waals surface area (Å²) in [6, 6.07) is 0. The number of alkyl halides is 1.